The second-order valence-corrected chi connectivity index (χ2v) is 4.38. The summed E-state index contributed by atoms with van der Waals surface area (Å²) in [6.45, 7) is 2.55. The molecule has 1 atom stereocenters. The van der Waals surface area contributed by atoms with Gasteiger partial charge < -0.3 is 15.2 Å². The fourth-order valence-electron chi connectivity index (χ4n) is 1.49. The quantitative estimate of drug-likeness (QED) is 0.717. The van der Waals surface area contributed by atoms with Crippen LogP contribution in [0.1, 0.15) is 19.8 Å². The first-order valence-electron chi connectivity index (χ1n) is 5.78. The van der Waals surface area contributed by atoms with E-state index in [2.05, 4.69) is 5.32 Å². The van der Waals surface area contributed by atoms with E-state index in [-0.39, 0.29) is 18.0 Å². The Balaban J connectivity index is 2.29. The molecule has 0 aromatic heterocycles. The van der Waals surface area contributed by atoms with Crippen LogP contribution in [-0.2, 0) is 0 Å². The predicted octanol–water partition coefficient (Wildman–Crippen LogP) is 1.96. The Morgan fingerprint density at radius 2 is 2.24 bits per heavy atom. The van der Waals surface area contributed by atoms with Gasteiger partial charge in [0.15, 0.2) is 0 Å². The van der Waals surface area contributed by atoms with Crippen LogP contribution in [0.15, 0.2) is 24.3 Å². The van der Waals surface area contributed by atoms with Crippen molar-refractivity contribution >= 4 is 0 Å². The number of ether oxygens (including phenoxy) is 1. The van der Waals surface area contributed by atoms with Gasteiger partial charge in [0.25, 0.3) is 0 Å². The molecule has 1 unspecified atom stereocenters. The van der Waals surface area contributed by atoms with Gasteiger partial charge in [-0.05, 0) is 38.9 Å². The summed E-state index contributed by atoms with van der Waals surface area (Å²) in [6.07, 6.45) is 1.60. The number of aliphatic hydroxyl groups is 1. The zero-order valence-corrected chi connectivity index (χ0v) is 10.4. The molecule has 17 heavy (non-hydrogen) atoms. The largest absolute Gasteiger partial charge is 0.493 e. The van der Waals surface area contributed by atoms with Gasteiger partial charge in [0.1, 0.15) is 11.6 Å². The van der Waals surface area contributed by atoms with Gasteiger partial charge in [0.05, 0.1) is 13.2 Å². The number of halogens is 1. The highest BCUT2D eigenvalue weighted by molar-refractivity contribution is 5.22. The van der Waals surface area contributed by atoms with E-state index in [1.807, 2.05) is 14.0 Å². The van der Waals surface area contributed by atoms with Gasteiger partial charge in [0, 0.05) is 11.6 Å². The summed E-state index contributed by atoms with van der Waals surface area (Å²) in [5.74, 6) is 0.248. The minimum Gasteiger partial charge on any atom is -0.493 e. The standard InChI is InChI=1S/C13H20FNO2/c1-13(10-16,15-2)7-4-8-17-12-6-3-5-11(14)9-12/h3,5-6,9,15-16H,4,7-8,10H2,1-2H3. The third-order valence-corrected chi connectivity index (χ3v) is 2.89. The maximum atomic E-state index is 12.9. The molecule has 0 radical (unpaired) electrons. The first kappa shape index (κ1) is 13.9. The zero-order chi connectivity index (χ0) is 12.7. The molecule has 0 aliphatic carbocycles. The van der Waals surface area contributed by atoms with Gasteiger partial charge in [-0.2, -0.15) is 0 Å². The highest BCUT2D eigenvalue weighted by atomic mass is 19.1. The molecule has 0 fully saturated rings. The molecule has 1 aromatic rings. The Labute approximate surface area is 102 Å². The molecular weight excluding hydrogens is 221 g/mol. The molecule has 0 aliphatic rings. The predicted molar refractivity (Wildman–Crippen MR) is 65.7 cm³/mol. The van der Waals surface area contributed by atoms with Crippen molar-refractivity contribution in [2.24, 2.45) is 0 Å². The SMILES string of the molecule is CNC(C)(CO)CCCOc1cccc(F)c1. The van der Waals surface area contributed by atoms with Gasteiger partial charge >= 0.3 is 0 Å². The van der Waals surface area contributed by atoms with Crippen LogP contribution in [0.4, 0.5) is 4.39 Å². The molecule has 0 saturated heterocycles. The van der Waals surface area contributed by atoms with Crippen molar-refractivity contribution in [1.29, 1.82) is 0 Å². The first-order chi connectivity index (χ1) is 8.09. The van der Waals surface area contributed by atoms with Crippen molar-refractivity contribution in [3.05, 3.63) is 30.1 Å². The second kappa shape index (κ2) is 6.57. The van der Waals surface area contributed by atoms with Gasteiger partial charge in [0.2, 0.25) is 0 Å². The van der Waals surface area contributed by atoms with Crippen LogP contribution in [0, 0.1) is 5.82 Å². The van der Waals surface area contributed by atoms with E-state index in [0.29, 0.717) is 12.4 Å². The summed E-state index contributed by atoms with van der Waals surface area (Å²) in [7, 11) is 1.82. The van der Waals surface area contributed by atoms with Crippen LogP contribution in [0.3, 0.4) is 0 Å². The fourth-order valence-corrected chi connectivity index (χ4v) is 1.49. The summed E-state index contributed by atoms with van der Waals surface area (Å²) in [4.78, 5) is 0. The van der Waals surface area contributed by atoms with Gasteiger partial charge in [-0.1, -0.05) is 6.07 Å². The molecule has 2 N–H and O–H groups in total. The lowest BCUT2D eigenvalue weighted by Gasteiger charge is -2.26. The monoisotopic (exact) mass is 241 g/mol. The Hall–Kier alpha value is -1.13. The average molecular weight is 241 g/mol. The topological polar surface area (TPSA) is 41.5 Å². The number of aliphatic hydroxyl groups excluding tert-OH is 1. The van der Waals surface area contributed by atoms with E-state index in [1.165, 1.54) is 12.1 Å². The van der Waals surface area contributed by atoms with Crippen LogP contribution >= 0.6 is 0 Å². The molecule has 4 heteroatoms. The highest BCUT2D eigenvalue weighted by Crippen LogP contribution is 2.14. The lowest BCUT2D eigenvalue weighted by atomic mass is 9.97. The molecule has 0 amide bonds. The van der Waals surface area contributed by atoms with E-state index in [1.54, 1.807) is 12.1 Å². The third-order valence-electron chi connectivity index (χ3n) is 2.89. The molecule has 0 saturated carbocycles. The molecule has 3 nitrogen and oxygen atoms in total. The van der Waals surface area contributed by atoms with Gasteiger partial charge in [-0.25, -0.2) is 4.39 Å². The van der Waals surface area contributed by atoms with E-state index in [0.717, 1.165) is 12.8 Å². The van der Waals surface area contributed by atoms with Gasteiger partial charge in [-0.3, -0.25) is 0 Å². The van der Waals surface area contributed by atoms with Crippen LogP contribution < -0.4 is 10.1 Å². The summed E-state index contributed by atoms with van der Waals surface area (Å²) in [5.41, 5.74) is -0.273. The number of hydrogen-bond donors (Lipinski definition) is 2. The minimum atomic E-state index is -0.294. The second-order valence-electron chi connectivity index (χ2n) is 4.38. The Morgan fingerprint density at radius 3 is 2.82 bits per heavy atom. The zero-order valence-electron chi connectivity index (χ0n) is 10.4. The van der Waals surface area contributed by atoms with Crippen molar-refractivity contribution in [1.82, 2.24) is 5.32 Å². The van der Waals surface area contributed by atoms with Crippen molar-refractivity contribution in [3.8, 4) is 5.75 Å². The first-order valence-corrected chi connectivity index (χ1v) is 5.78. The van der Waals surface area contributed by atoms with E-state index in [4.69, 9.17) is 4.74 Å². The van der Waals surface area contributed by atoms with Crippen LogP contribution in [0.25, 0.3) is 0 Å². The number of benzene rings is 1. The van der Waals surface area contributed by atoms with Crippen molar-refractivity contribution < 1.29 is 14.2 Å². The molecule has 0 spiro atoms. The highest BCUT2D eigenvalue weighted by Gasteiger charge is 2.19. The Bertz CT molecular complexity index is 340. The number of rotatable bonds is 7. The van der Waals surface area contributed by atoms with Gasteiger partial charge in [-0.15, -0.1) is 0 Å². The summed E-state index contributed by atoms with van der Waals surface area (Å²) >= 11 is 0. The van der Waals surface area contributed by atoms with E-state index >= 15 is 0 Å². The summed E-state index contributed by atoms with van der Waals surface area (Å²) in [6, 6.07) is 6.10. The summed E-state index contributed by atoms with van der Waals surface area (Å²) in [5, 5.41) is 12.3. The number of nitrogens with one attached hydrogen (secondary N) is 1. The molecule has 0 aliphatic heterocycles. The van der Waals surface area contributed by atoms with Crippen molar-refractivity contribution in [2.75, 3.05) is 20.3 Å². The molecule has 1 rings (SSSR count). The normalized spacial score (nSPS) is 14.4. The molecule has 0 bridgehead atoms. The van der Waals surface area contributed by atoms with Crippen molar-refractivity contribution in [2.45, 2.75) is 25.3 Å². The Kier molecular flexibility index (Phi) is 5.38. The van der Waals surface area contributed by atoms with Crippen molar-refractivity contribution in [3.63, 3.8) is 0 Å². The lowest BCUT2D eigenvalue weighted by Crippen LogP contribution is -2.43. The molecule has 96 valence electrons. The molecular formula is C13H20FNO2. The number of likely N-dealkylation sites (N-methyl/N-ethyl adjacent to an activating group) is 1. The lowest BCUT2D eigenvalue weighted by molar-refractivity contribution is 0.163. The minimum absolute atomic E-state index is 0.0868. The van der Waals surface area contributed by atoms with Crippen LogP contribution in [0.5, 0.6) is 5.75 Å². The maximum Gasteiger partial charge on any atom is 0.126 e. The van der Waals surface area contributed by atoms with E-state index < -0.39 is 0 Å². The summed E-state index contributed by atoms with van der Waals surface area (Å²) < 4.78 is 18.3. The third kappa shape index (κ3) is 4.71. The molecule has 1 aromatic carbocycles. The smallest absolute Gasteiger partial charge is 0.126 e. The Morgan fingerprint density at radius 1 is 1.47 bits per heavy atom. The van der Waals surface area contributed by atoms with E-state index in [9.17, 15) is 9.50 Å². The molecule has 0 heterocycles. The number of hydrogen-bond acceptors (Lipinski definition) is 3. The van der Waals surface area contributed by atoms with Crippen LogP contribution in [0.2, 0.25) is 0 Å². The fraction of sp³-hybridized carbons (Fsp3) is 0.538. The van der Waals surface area contributed by atoms with Crippen LogP contribution in [-0.4, -0.2) is 30.9 Å². The maximum absolute atomic E-state index is 12.9. The average Bonchev–Trinajstić information content (AvgIpc) is 2.34.